The molecule has 3 rings (SSSR count). The Hall–Kier alpha value is -2.30. The SMILES string of the molecule is Cc1ncc(C(=O)NC2COc3ccccc32)[nH]1. The Morgan fingerprint density at radius 2 is 2.33 bits per heavy atom. The van der Waals surface area contributed by atoms with Crippen molar-refractivity contribution in [3.63, 3.8) is 0 Å². The first kappa shape index (κ1) is 10.8. The number of nitrogens with zero attached hydrogens (tertiary/aromatic N) is 1. The molecular weight excluding hydrogens is 230 g/mol. The lowest BCUT2D eigenvalue weighted by Crippen LogP contribution is -2.29. The number of nitrogens with one attached hydrogen (secondary N) is 2. The Bertz CT molecular complexity index is 591. The number of aromatic amines is 1. The summed E-state index contributed by atoms with van der Waals surface area (Å²) in [5, 5.41) is 2.93. The van der Waals surface area contributed by atoms with Gasteiger partial charge in [-0.15, -0.1) is 0 Å². The third-order valence-corrected chi connectivity index (χ3v) is 2.95. The van der Waals surface area contributed by atoms with Gasteiger partial charge in [-0.25, -0.2) is 4.98 Å². The van der Waals surface area contributed by atoms with Gasteiger partial charge in [0.1, 0.15) is 23.9 Å². The molecule has 0 fully saturated rings. The lowest BCUT2D eigenvalue weighted by molar-refractivity contribution is 0.0925. The minimum absolute atomic E-state index is 0.0997. The summed E-state index contributed by atoms with van der Waals surface area (Å²) < 4.78 is 5.51. The van der Waals surface area contributed by atoms with E-state index in [1.165, 1.54) is 6.20 Å². The van der Waals surface area contributed by atoms with E-state index in [2.05, 4.69) is 15.3 Å². The van der Waals surface area contributed by atoms with Crippen LogP contribution in [-0.2, 0) is 0 Å². The van der Waals surface area contributed by atoms with Gasteiger partial charge >= 0.3 is 0 Å². The molecule has 1 aromatic carbocycles. The molecule has 1 unspecified atom stereocenters. The molecule has 5 nitrogen and oxygen atoms in total. The molecule has 1 aliphatic heterocycles. The summed E-state index contributed by atoms with van der Waals surface area (Å²) in [6.45, 7) is 2.28. The number of aryl methyl sites for hydroxylation is 1. The van der Waals surface area contributed by atoms with Gasteiger partial charge < -0.3 is 15.0 Å². The van der Waals surface area contributed by atoms with Gasteiger partial charge in [0.25, 0.3) is 5.91 Å². The summed E-state index contributed by atoms with van der Waals surface area (Å²) >= 11 is 0. The lowest BCUT2D eigenvalue weighted by atomic mass is 10.1. The highest BCUT2D eigenvalue weighted by atomic mass is 16.5. The molecule has 0 aliphatic carbocycles. The topological polar surface area (TPSA) is 67.0 Å². The number of hydrogen-bond acceptors (Lipinski definition) is 3. The third-order valence-electron chi connectivity index (χ3n) is 2.95. The Morgan fingerprint density at radius 1 is 1.50 bits per heavy atom. The van der Waals surface area contributed by atoms with Crippen LogP contribution in [0.5, 0.6) is 5.75 Å². The van der Waals surface area contributed by atoms with E-state index < -0.39 is 0 Å². The molecule has 2 N–H and O–H groups in total. The van der Waals surface area contributed by atoms with Crippen molar-refractivity contribution in [3.05, 3.63) is 47.5 Å². The standard InChI is InChI=1S/C13H13N3O2/c1-8-14-6-10(15-8)13(17)16-11-7-18-12-5-3-2-4-9(11)12/h2-6,11H,7H2,1H3,(H,14,15)(H,16,17). The van der Waals surface area contributed by atoms with Crippen LogP contribution < -0.4 is 10.1 Å². The van der Waals surface area contributed by atoms with E-state index in [-0.39, 0.29) is 11.9 Å². The number of benzene rings is 1. The Balaban J connectivity index is 1.77. The monoisotopic (exact) mass is 243 g/mol. The van der Waals surface area contributed by atoms with Crippen LogP contribution in [0.15, 0.2) is 30.5 Å². The quantitative estimate of drug-likeness (QED) is 0.841. The maximum atomic E-state index is 12.0. The number of rotatable bonds is 2. The second-order valence-electron chi connectivity index (χ2n) is 4.26. The summed E-state index contributed by atoms with van der Waals surface area (Å²) in [5.41, 5.74) is 1.49. The highest BCUT2D eigenvalue weighted by Gasteiger charge is 2.25. The van der Waals surface area contributed by atoms with Crippen LogP contribution in [0.1, 0.15) is 27.9 Å². The van der Waals surface area contributed by atoms with Gasteiger partial charge in [-0.2, -0.15) is 0 Å². The van der Waals surface area contributed by atoms with Crippen LogP contribution in [0.3, 0.4) is 0 Å². The van der Waals surface area contributed by atoms with Crippen molar-refractivity contribution in [1.29, 1.82) is 0 Å². The fraction of sp³-hybridized carbons (Fsp3) is 0.231. The number of aromatic nitrogens is 2. The van der Waals surface area contributed by atoms with Crippen molar-refractivity contribution >= 4 is 5.91 Å². The van der Waals surface area contributed by atoms with E-state index in [0.29, 0.717) is 12.3 Å². The molecule has 0 spiro atoms. The molecule has 0 saturated carbocycles. The molecule has 2 heterocycles. The molecule has 1 aromatic heterocycles. The first-order valence-corrected chi connectivity index (χ1v) is 5.78. The maximum Gasteiger partial charge on any atom is 0.269 e. The Labute approximate surface area is 104 Å². The number of carbonyl (C=O) groups excluding carboxylic acids is 1. The number of para-hydroxylation sites is 1. The van der Waals surface area contributed by atoms with Crippen LogP contribution in [0, 0.1) is 6.92 Å². The summed E-state index contributed by atoms with van der Waals surface area (Å²) in [4.78, 5) is 18.9. The molecule has 18 heavy (non-hydrogen) atoms. The molecule has 5 heteroatoms. The number of fused-ring (bicyclic) bond motifs is 1. The van der Waals surface area contributed by atoms with Gasteiger partial charge in [0, 0.05) is 5.56 Å². The normalized spacial score (nSPS) is 17.1. The maximum absolute atomic E-state index is 12.0. The molecule has 1 atom stereocenters. The molecule has 0 bridgehead atoms. The van der Waals surface area contributed by atoms with Crippen LogP contribution in [0.4, 0.5) is 0 Å². The summed E-state index contributed by atoms with van der Waals surface area (Å²) in [6, 6.07) is 7.62. The lowest BCUT2D eigenvalue weighted by Gasteiger charge is -2.10. The fourth-order valence-corrected chi connectivity index (χ4v) is 2.05. The molecular formula is C13H13N3O2. The Kier molecular flexibility index (Phi) is 2.51. The average Bonchev–Trinajstić information content (AvgIpc) is 2.97. The van der Waals surface area contributed by atoms with Crippen molar-refractivity contribution in [1.82, 2.24) is 15.3 Å². The van der Waals surface area contributed by atoms with Crippen LogP contribution in [0.2, 0.25) is 0 Å². The van der Waals surface area contributed by atoms with Gasteiger partial charge in [-0.3, -0.25) is 4.79 Å². The van der Waals surface area contributed by atoms with Gasteiger partial charge in [-0.05, 0) is 13.0 Å². The van der Waals surface area contributed by atoms with E-state index in [0.717, 1.165) is 17.1 Å². The number of hydrogen-bond donors (Lipinski definition) is 2. The van der Waals surface area contributed by atoms with E-state index >= 15 is 0 Å². The second-order valence-corrected chi connectivity index (χ2v) is 4.26. The van der Waals surface area contributed by atoms with Crippen LogP contribution in [0.25, 0.3) is 0 Å². The number of imidazole rings is 1. The van der Waals surface area contributed by atoms with Crippen molar-refractivity contribution in [3.8, 4) is 5.75 Å². The van der Waals surface area contributed by atoms with E-state index in [9.17, 15) is 4.79 Å². The molecule has 2 aromatic rings. The second kappa shape index (κ2) is 4.18. The van der Waals surface area contributed by atoms with Gasteiger partial charge in [0.15, 0.2) is 0 Å². The van der Waals surface area contributed by atoms with E-state index in [1.807, 2.05) is 31.2 Å². The molecule has 92 valence electrons. The number of H-pyrrole nitrogens is 1. The Morgan fingerprint density at radius 3 is 3.11 bits per heavy atom. The fourth-order valence-electron chi connectivity index (χ4n) is 2.05. The largest absolute Gasteiger partial charge is 0.491 e. The molecule has 1 amide bonds. The van der Waals surface area contributed by atoms with Crippen LogP contribution >= 0.6 is 0 Å². The summed E-state index contributed by atoms with van der Waals surface area (Å²) in [7, 11) is 0. The minimum atomic E-state index is -0.166. The summed E-state index contributed by atoms with van der Waals surface area (Å²) in [6.07, 6.45) is 1.53. The van der Waals surface area contributed by atoms with E-state index in [1.54, 1.807) is 0 Å². The van der Waals surface area contributed by atoms with Gasteiger partial charge in [0.05, 0.1) is 12.2 Å². The highest BCUT2D eigenvalue weighted by Crippen LogP contribution is 2.31. The van der Waals surface area contributed by atoms with Crippen molar-refractivity contribution in [2.45, 2.75) is 13.0 Å². The first-order chi connectivity index (χ1) is 8.74. The van der Waals surface area contributed by atoms with E-state index in [4.69, 9.17) is 4.74 Å². The smallest absolute Gasteiger partial charge is 0.269 e. The predicted molar refractivity (Wildman–Crippen MR) is 65.5 cm³/mol. The number of amides is 1. The predicted octanol–water partition coefficient (Wildman–Crippen LogP) is 1.58. The van der Waals surface area contributed by atoms with Crippen molar-refractivity contribution in [2.24, 2.45) is 0 Å². The van der Waals surface area contributed by atoms with Crippen molar-refractivity contribution in [2.75, 3.05) is 6.61 Å². The molecule has 0 saturated heterocycles. The van der Waals surface area contributed by atoms with Crippen LogP contribution in [-0.4, -0.2) is 22.5 Å². The minimum Gasteiger partial charge on any atom is -0.491 e. The van der Waals surface area contributed by atoms with Gasteiger partial charge in [-0.1, -0.05) is 18.2 Å². The average molecular weight is 243 g/mol. The zero-order valence-corrected chi connectivity index (χ0v) is 9.93. The number of ether oxygens (including phenoxy) is 1. The highest BCUT2D eigenvalue weighted by molar-refractivity contribution is 5.92. The number of carbonyl (C=O) groups is 1. The zero-order valence-electron chi connectivity index (χ0n) is 9.93. The van der Waals surface area contributed by atoms with Crippen molar-refractivity contribution < 1.29 is 9.53 Å². The first-order valence-electron chi connectivity index (χ1n) is 5.78. The molecule has 1 aliphatic rings. The van der Waals surface area contributed by atoms with Gasteiger partial charge in [0.2, 0.25) is 0 Å². The third kappa shape index (κ3) is 1.84. The summed E-state index contributed by atoms with van der Waals surface area (Å²) in [5.74, 6) is 1.40. The zero-order chi connectivity index (χ0) is 12.5. The molecule has 0 radical (unpaired) electrons.